The number of hydrogen-bond acceptors (Lipinski definition) is 6. The first-order valence-corrected chi connectivity index (χ1v) is 9.96. The van der Waals surface area contributed by atoms with Gasteiger partial charge in [0.15, 0.2) is 0 Å². The number of alkyl halides is 3. The van der Waals surface area contributed by atoms with E-state index in [0.717, 1.165) is 16.3 Å². The van der Waals surface area contributed by atoms with Crippen molar-refractivity contribution in [3.8, 4) is 11.3 Å². The van der Waals surface area contributed by atoms with Gasteiger partial charge in [0.2, 0.25) is 0 Å². The van der Waals surface area contributed by atoms with Crippen molar-refractivity contribution in [3.63, 3.8) is 0 Å². The predicted molar refractivity (Wildman–Crippen MR) is 102 cm³/mol. The van der Waals surface area contributed by atoms with Crippen molar-refractivity contribution in [2.45, 2.75) is 23.4 Å². The predicted octanol–water partition coefficient (Wildman–Crippen LogP) is 4.57. The second kappa shape index (κ2) is 9.16. The number of carbonyl (C=O) groups excluding carboxylic acids is 1. The smallest absolute Gasteiger partial charge is 0.352 e. The van der Waals surface area contributed by atoms with Crippen molar-refractivity contribution in [3.05, 3.63) is 58.8 Å². The first kappa shape index (κ1) is 20.3. The lowest BCUT2D eigenvalue weighted by Gasteiger charge is -2.10. The molecular weight excluding hydrogens is 409 g/mol. The number of amides is 1. The van der Waals surface area contributed by atoms with Gasteiger partial charge in [0.25, 0.3) is 5.91 Å². The number of hydrogen-bond donors (Lipinski definition) is 1. The summed E-state index contributed by atoms with van der Waals surface area (Å²) < 4.78 is 37.8. The van der Waals surface area contributed by atoms with Gasteiger partial charge in [0.1, 0.15) is 5.03 Å². The van der Waals surface area contributed by atoms with Gasteiger partial charge < -0.3 is 5.32 Å². The molecule has 0 saturated carbocycles. The first-order valence-electron chi connectivity index (χ1n) is 8.26. The fourth-order valence-corrected chi connectivity index (χ4v) is 3.83. The molecule has 0 aromatic carbocycles. The average Bonchev–Trinajstić information content (AvgIpc) is 3.14. The zero-order valence-electron chi connectivity index (χ0n) is 14.4. The number of carbonyl (C=O) groups is 1. The molecule has 0 radical (unpaired) electrons. The third-order valence-electron chi connectivity index (χ3n) is 3.61. The summed E-state index contributed by atoms with van der Waals surface area (Å²) in [7, 11) is 0. The minimum Gasteiger partial charge on any atom is -0.352 e. The third-order valence-corrected chi connectivity index (χ3v) is 5.27. The van der Waals surface area contributed by atoms with Crippen LogP contribution in [0.15, 0.2) is 53.3 Å². The van der Waals surface area contributed by atoms with Crippen LogP contribution in [0.25, 0.3) is 11.3 Å². The molecular formula is C18H15F3N4OS2. The monoisotopic (exact) mass is 424 g/mol. The Bertz CT molecular complexity index is 932. The number of pyridine rings is 2. The second-order valence-corrected chi connectivity index (χ2v) is 7.62. The van der Waals surface area contributed by atoms with Gasteiger partial charge in [0.05, 0.1) is 16.3 Å². The minimum absolute atomic E-state index is 0.0842. The maximum Gasteiger partial charge on any atom is 0.447 e. The highest BCUT2D eigenvalue weighted by Crippen LogP contribution is 2.37. The van der Waals surface area contributed by atoms with E-state index in [4.69, 9.17) is 0 Å². The molecule has 0 aliphatic heterocycles. The Morgan fingerprint density at radius 2 is 1.96 bits per heavy atom. The Kier molecular flexibility index (Phi) is 6.63. The Balaban J connectivity index is 1.51. The van der Waals surface area contributed by atoms with E-state index in [2.05, 4.69) is 20.3 Å². The zero-order valence-corrected chi connectivity index (χ0v) is 16.1. The number of aryl methyl sites for hydroxylation is 1. The summed E-state index contributed by atoms with van der Waals surface area (Å²) in [4.78, 5) is 24.4. The number of thiazole rings is 1. The van der Waals surface area contributed by atoms with Crippen LogP contribution in [0.3, 0.4) is 0 Å². The van der Waals surface area contributed by atoms with E-state index in [9.17, 15) is 18.0 Å². The zero-order chi connectivity index (χ0) is 20.0. The van der Waals surface area contributed by atoms with Crippen molar-refractivity contribution >= 4 is 29.0 Å². The highest BCUT2D eigenvalue weighted by atomic mass is 32.2. The van der Waals surface area contributed by atoms with Gasteiger partial charge in [-0.05, 0) is 30.7 Å². The molecule has 0 aliphatic rings. The third kappa shape index (κ3) is 5.77. The molecule has 0 bridgehead atoms. The molecule has 0 fully saturated rings. The van der Waals surface area contributed by atoms with E-state index in [-0.39, 0.29) is 10.6 Å². The maximum atomic E-state index is 12.6. The van der Waals surface area contributed by atoms with Gasteiger partial charge in [0, 0.05) is 54.3 Å². The van der Waals surface area contributed by atoms with Crippen molar-refractivity contribution in [2.75, 3.05) is 6.54 Å². The van der Waals surface area contributed by atoms with Crippen LogP contribution >= 0.6 is 23.1 Å². The van der Waals surface area contributed by atoms with Crippen LogP contribution in [0, 0.1) is 0 Å². The van der Waals surface area contributed by atoms with E-state index < -0.39 is 23.2 Å². The largest absolute Gasteiger partial charge is 0.447 e. The summed E-state index contributed by atoms with van der Waals surface area (Å²) >= 11 is 1.13. The molecule has 0 aliphatic carbocycles. The fraction of sp³-hybridized carbons (Fsp3) is 0.222. The molecule has 3 heterocycles. The Morgan fingerprint density at radius 3 is 2.71 bits per heavy atom. The van der Waals surface area contributed by atoms with Gasteiger partial charge in [-0.2, -0.15) is 13.2 Å². The highest BCUT2D eigenvalue weighted by Gasteiger charge is 2.32. The molecule has 0 spiro atoms. The van der Waals surface area contributed by atoms with Crippen molar-refractivity contribution in [1.29, 1.82) is 0 Å². The van der Waals surface area contributed by atoms with Crippen LogP contribution in [-0.4, -0.2) is 32.9 Å². The molecule has 3 aromatic rings. The van der Waals surface area contributed by atoms with Gasteiger partial charge in [-0.3, -0.25) is 9.78 Å². The molecule has 1 amide bonds. The summed E-state index contributed by atoms with van der Waals surface area (Å²) in [6.45, 7) is 0.327. The van der Waals surface area contributed by atoms with E-state index in [1.807, 2.05) is 17.5 Å². The molecule has 3 aromatic heterocycles. The first-order chi connectivity index (χ1) is 13.4. The Morgan fingerprint density at radius 1 is 1.18 bits per heavy atom. The molecule has 1 N–H and O–H groups in total. The lowest BCUT2D eigenvalue weighted by atomic mass is 10.2. The summed E-state index contributed by atoms with van der Waals surface area (Å²) in [6, 6.07) is 6.52. The van der Waals surface area contributed by atoms with Crippen molar-refractivity contribution < 1.29 is 18.0 Å². The minimum atomic E-state index is -4.50. The molecule has 0 unspecified atom stereocenters. The Labute approximate surface area is 167 Å². The lowest BCUT2D eigenvalue weighted by Crippen LogP contribution is -2.25. The molecule has 0 saturated heterocycles. The fourth-order valence-electron chi connectivity index (χ4n) is 2.37. The van der Waals surface area contributed by atoms with E-state index in [1.54, 1.807) is 12.4 Å². The van der Waals surface area contributed by atoms with Crippen molar-refractivity contribution in [1.82, 2.24) is 20.3 Å². The highest BCUT2D eigenvalue weighted by molar-refractivity contribution is 8.00. The number of halogens is 3. The Hall–Kier alpha value is -2.46. The topological polar surface area (TPSA) is 67.8 Å². The second-order valence-electron chi connectivity index (χ2n) is 5.63. The van der Waals surface area contributed by atoms with Crippen LogP contribution < -0.4 is 5.32 Å². The van der Waals surface area contributed by atoms with Gasteiger partial charge in [-0.15, -0.1) is 11.3 Å². The summed E-state index contributed by atoms with van der Waals surface area (Å²) in [5.41, 5.74) is -2.73. The molecule has 0 atom stereocenters. The SMILES string of the molecule is O=C(NCCCc1nc(-c2ccncc2)cs1)c1cccnc1SC(F)(F)F. The van der Waals surface area contributed by atoms with Crippen LogP contribution in [0.2, 0.25) is 0 Å². The molecule has 5 nitrogen and oxygen atoms in total. The number of nitrogens with zero attached hydrogens (tertiary/aromatic N) is 3. The van der Waals surface area contributed by atoms with Gasteiger partial charge >= 0.3 is 5.51 Å². The summed E-state index contributed by atoms with van der Waals surface area (Å²) in [6.07, 6.45) is 5.92. The molecule has 10 heteroatoms. The normalized spacial score (nSPS) is 11.4. The van der Waals surface area contributed by atoms with Crippen LogP contribution in [0.1, 0.15) is 21.8 Å². The maximum absolute atomic E-state index is 12.6. The molecule has 3 rings (SSSR count). The van der Waals surface area contributed by atoms with E-state index in [1.165, 1.54) is 29.7 Å². The number of rotatable bonds is 7. The molecule has 28 heavy (non-hydrogen) atoms. The van der Waals surface area contributed by atoms with Crippen LogP contribution in [-0.2, 0) is 6.42 Å². The number of aromatic nitrogens is 3. The van der Waals surface area contributed by atoms with E-state index in [0.29, 0.717) is 19.4 Å². The lowest BCUT2D eigenvalue weighted by molar-refractivity contribution is -0.0329. The van der Waals surface area contributed by atoms with Crippen LogP contribution in [0.5, 0.6) is 0 Å². The summed E-state index contributed by atoms with van der Waals surface area (Å²) in [5, 5.41) is 5.17. The standard InChI is InChI=1S/C18H15F3N4OS2/c19-18(20,21)28-17-13(3-1-8-24-17)16(26)23-7-2-4-15-25-14(11-27-15)12-5-9-22-10-6-12/h1,3,5-6,8-11H,2,4,7H2,(H,23,26). The van der Waals surface area contributed by atoms with Crippen LogP contribution in [0.4, 0.5) is 13.2 Å². The number of thioether (sulfide) groups is 1. The van der Waals surface area contributed by atoms with Gasteiger partial charge in [-0.25, -0.2) is 9.97 Å². The summed E-state index contributed by atoms with van der Waals surface area (Å²) in [5.74, 6) is -0.573. The van der Waals surface area contributed by atoms with Crippen molar-refractivity contribution in [2.24, 2.45) is 0 Å². The van der Waals surface area contributed by atoms with Gasteiger partial charge in [-0.1, -0.05) is 0 Å². The van der Waals surface area contributed by atoms with E-state index >= 15 is 0 Å². The molecule has 146 valence electrons. The number of nitrogens with one attached hydrogen (secondary N) is 1. The quantitative estimate of drug-likeness (QED) is 0.444. The average molecular weight is 424 g/mol.